The van der Waals surface area contributed by atoms with Crippen LogP contribution in [0.5, 0.6) is 5.75 Å². The van der Waals surface area contributed by atoms with Crippen LogP contribution in [0.3, 0.4) is 0 Å². The minimum Gasteiger partial charge on any atom is -0.496 e. The molecular weight excluding hydrogens is 223 g/mol. The van der Waals surface area contributed by atoms with Crippen molar-refractivity contribution < 1.29 is 18.7 Å². The number of aldehydes is 1. The summed E-state index contributed by atoms with van der Waals surface area (Å²) in [6, 6.07) is 2.92. The number of rotatable bonds is 5. The quantitative estimate of drug-likeness (QED) is 0.740. The van der Waals surface area contributed by atoms with E-state index in [1.807, 2.05) is 0 Å². The summed E-state index contributed by atoms with van der Waals surface area (Å²) in [5.74, 6) is 0.170. The number of carbonyl (C=O) groups is 1. The maximum absolute atomic E-state index is 13.4. The van der Waals surface area contributed by atoms with Gasteiger partial charge in [0.15, 0.2) is 6.29 Å². The van der Waals surface area contributed by atoms with E-state index in [9.17, 15) is 9.18 Å². The molecule has 1 unspecified atom stereocenters. The van der Waals surface area contributed by atoms with Gasteiger partial charge in [-0.3, -0.25) is 4.79 Å². The molecule has 92 valence electrons. The van der Waals surface area contributed by atoms with E-state index < -0.39 is 5.82 Å². The molecule has 0 amide bonds. The summed E-state index contributed by atoms with van der Waals surface area (Å²) in [7, 11) is 3.05. The first-order valence-electron chi connectivity index (χ1n) is 5.57. The van der Waals surface area contributed by atoms with Crippen molar-refractivity contribution in [2.24, 2.45) is 5.92 Å². The normalized spacial score (nSPS) is 16.6. The molecule has 0 bridgehead atoms. The molecule has 4 heteroatoms. The fraction of sp³-hybridized carbons (Fsp3) is 0.462. The van der Waals surface area contributed by atoms with E-state index in [0.29, 0.717) is 18.0 Å². The van der Waals surface area contributed by atoms with Crippen molar-refractivity contribution in [3.05, 3.63) is 29.1 Å². The fourth-order valence-electron chi connectivity index (χ4n) is 2.13. The standard InChI is InChI=1S/C13H15FO3/c1-16-12(8-3-4-8)9-5-6-11(14)10(7-15)13(9)17-2/h5-8,12H,3-4H2,1-2H3. The molecule has 1 aromatic rings. The molecule has 1 atom stereocenters. The van der Waals surface area contributed by atoms with E-state index in [0.717, 1.165) is 18.4 Å². The minimum atomic E-state index is -0.564. The Labute approximate surface area is 99.5 Å². The Morgan fingerprint density at radius 1 is 1.41 bits per heavy atom. The largest absolute Gasteiger partial charge is 0.496 e. The molecule has 1 fully saturated rings. The van der Waals surface area contributed by atoms with Crippen molar-refractivity contribution in [3.63, 3.8) is 0 Å². The molecule has 0 N–H and O–H groups in total. The van der Waals surface area contributed by atoms with Crippen LogP contribution in [0.1, 0.15) is 34.9 Å². The van der Waals surface area contributed by atoms with E-state index >= 15 is 0 Å². The van der Waals surface area contributed by atoms with E-state index in [4.69, 9.17) is 9.47 Å². The Morgan fingerprint density at radius 3 is 2.59 bits per heavy atom. The third kappa shape index (κ3) is 2.17. The number of hydrogen-bond acceptors (Lipinski definition) is 3. The van der Waals surface area contributed by atoms with Gasteiger partial charge < -0.3 is 9.47 Å². The Hall–Kier alpha value is -1.42. The van der Waals surface area contributed by atoms with Crippen LogP contribution in [0.25, 0.3) is 0 Å². The molecule has 0 spiro atoms. The van der Waals surface area contributed by atoms with Crippen molar-refractivity contribution in [2.45, 2.75) is 18.9 Å². The predicted octanol–water partition coefficient (Wildman–Crippen LogP) is 2.74. The number of methoxy groups -OCH3 is 2. The molecule has 1 aliphatic rings. The van der Waals surface area contributed by atoms with Gasteiger partial charge in [0.25, 0.3) is 0 Å². The van der Waals surface area contributed by atoms with Gasteiger partial charge in [0.2, 0.25) is 0 Å². The van der Waals surface area contributed by atoms with Gasteiger partial charge >= 0.3 is 0 Å². The minimum absolute atomic E-state index is 0.0345. The zero-order valence-electron chi connectivity index (χ0n) is 9.90. The fourth-order valence-corrected chi connectivity index (χ4v) is 2.13. The van der Waals surface area contributed by atoms with Crippen molar-refractivity contribution in [1.29, 1.82) is 0 Å². The Balaban J connectivity index is 2.48. The number of hydrogen-bond donors (Lipinski definition) is 0. The van der Waals surface area contributed by atoms with Crippen LogP contribution >= 0.6 is 0 Å². The first-order chi connectivity index (χ1) is 8.22. The van der Waals surface area contributed by atoms with Crippen LogP contribution in [0.4, 0.5) is 4.39 Å². The van der Waals surface area contributed by atoms with Crippen LogP contribution in [0.15, 0.2) is 12.1 Å². The van der Waals surface area contributed by atoms with E-state index in [1.165, 1.54) is 13.2 Å². The molecule has 0 heterocycles. The van der Waals surface area contributed by atoms with Crippen LogP contribution in [0.2, 0.25) is 0 Å². The molecular formula is C13H15FO3. The highest BCUT2D eigenvalue weighted by atomic mass is 19.1. The second-order valence-corrected chi connectivity index (χ2v) is 4.20. The van der Waals surface area contributed by atoms with E-state index in [-0.39, 0.29) is 11.7 Å². The Bertz CT molecular complexity index is 427. The number of benzene rings is 1. The smallest absolute Gasteiger partial charge is 0.156 e. The van der Waals surface area contributed by atoms with Gasteiger partial charge in [0, 0.05) is 12.7 Å². The van der Waals surface area contributed by atoms with Gasteiger partial charge in [-0.1, -0.05) is 0 Å². The maximum atomic E-state index is 13.4. The van der Waals surface area contributed by atoms with Crippen LogP contribution in [0, 0.1) is 11.7 Å². The Kier molecular flexibility index (Phi) is 3.43. The van der Waals surface area contributed by atoms with Gasteiger partial charge in [-0.2, -0.15) is 0 Å². The lowest BCUT2D eigenvalue weighted by atomic mass is 10.0. The van der Waals surface area contributed by atoms with E-state index in [1.54, 1.807) is 13.2 Å². The monoisotopic (exact) mass is 238 g/mol. The molecule has 2 rings (SSSR count). The van der Waals surface area contributed by atoms with Gasteiger partial charge in [0.05, 0.1) is 18.8 Å². The van der Waals surface area contributed by atoms with E-state index in [2.05, 4.69) is 0 Å². The van der Waals surface area contributed by atoms with Crippen LogP contribution < -0.4 is 4.74 Å². The molecule has 1 aliphatic carbocycles. The van der Waals surface area contributed by atoms with Crippen molar-refractivity contribution >= 4 is 6.29 Å². The van der Waals surface area contributed by atoms with Crippen molar-refractivity contribution in [2.75, 3.05) is 14.2 Å². The summed E-state index contributed by atoms with van der Waals surface area (Å²) in [5.41, 5.74) is 0.716. The maximum Gasteiger partial charge on any atom is 0.156 e. The van der Waals surface area contributed by atoms with Gasteiger partial charge in [0.1, 0.15) is 11.6 Å². The molecule has 0 aliphatic heterocycles. The average Bonchev–Trinajstić information content (AvgIpc) is 3.15. The zero-order chi connectivity index (χ0) is 12.4. The van der Waals surface area contributed by atoms with Gasteiger partial charge in [-0.15, -0.1) is 0 Å². The lowest BCUT2D eigenvalue weighted by Crippen LogP contribution is -2.08. The molecule has 0 radical (unpaired) electrons. The van der Waals surface area contributed by atoms with Gasteiger partial charge in [-0.05, 0) is 30.9 Å². The first-order valence-corrected chi connectivity index (χ1v) is 5.57. The molecule has 0 saturated heterocycles. The molecule has 1 saturated carbocycles. The topological polar surface area (TPSA) is 35.5 Å². The van der Waals surface area contributed by atoms with Crippen LogP contribution in [-0.4, -0.2) is 20.5 Å². The molecule has 1 aromatic carbocycles. The molecule has 0 aromatic heterocycles. The first kappa shape index (κ1) is 12.0. The van der Waals surface area contributed by atoms with Crippen molar-refractivity contribution in [3.8, 4) is 5.75 Å². The summed E-state index contributed by atoms with van der Waals surface area (Å²) in [4.78, 5) is 10.9. The van der Waals surface area contributed by atoms with Crippen LogP contribution in [-0.2, 0) is 4.74 Å². The highest BCUT2D eigenvalue weighted by molar-refractivity contribution is 5.80. The molecule has 3 nitrogen and oxygen atoms in total. The SMILES string of the molecule is COc1c(C(OC)C2CC2)ccc(F)c1C=O. The molecule has 17 heavy (non-hydrogen) atoms. The summed E-state index contributed by atoms with van der Waals surface area (Å²) < 4.78 is 24.0. The lowest BCUT2D eigenvalue weighted by Gasteiger charge is -2.19. The van der Waals surface area contributed by atoms with Gasteiger partial charge in [-0.25, -0.2) is 4.39 Å². The summed E-state index contributed by atoms with van der Waals surface area (Å²) in [6.45, 7) is 0. The average molecular weight is 238 g/mol. The highest BCUT2D eigenvalue weighted by Crippen LogP contribution is 2.46. The number of halogens is 1. The second-order valence-electron chi connectivity index (χ2n) is 4.20. The second kappa shape index (κ2) is 4.84. The third-order valence-electron chi connectivity index (χ3n) is 3.11. The zero-order valence-corrected chi connectivity index (χ0v) is 9.90. The third-order valence-corrected chi connectivity index (χ3v) is 3.11. The summed E-state index contributed by atoms with van der Waals surface area (Å²) in [6.07, 6.45) is 2.55. The summed E-state index contributed by atoms with van der Waals surface area (Å²) in [5, 5.41) is 0. The highest BCUT2D eigenvalue weighted by Gasteiger charge is 2.35. The Morgan fingerprint density at radius 2 is 2.12 bits per heavy atom. The lowest BCUT2D eigenvalue weighted by molar-refractivity contribution is 0.0820. The van der Waals surface area contributed by atoms with Crippen molar-refractivity contribution in [1.82, 2.24) is 0 Å². The summed E-state index contributed by atoms with van der Waals surface area (Å²) >= 11 is 0. The number of carbonyl (C=O) groups excluding carboxylic acids is 1. The predicted molar refractivity (Wildman–Crippen MR) is 60.8 cm³/mol. The number of ether oxygens (including phenoxy) is 2.